The second-order valence-electron chi connectivity index (χ2n) is 59.1. The fourth-order valence-electron chi connectivity index (χ4n) is 54.6. The predicted octanol–water partition coefficient (Wildman–Crippen LogP) is 25.8. The number of carbonyl (C=O) groups is 6. The molecule has 0 heterocycles. The number of fused-ring (bicyclic) bond motifs is 88. The van der Waals surface area contributed by atoms with Gasteiger partial charge in [-0.25, -0.2) is 28.8 Å². The molecule has 0 saturated heterocycles. The molecule has 34 aliphatic rings. The molecule has 34 saturated carbocycles. The fourth-order valence-corrected chi connectivity index (χ4v) is 54.6. The minimum absolute atomic E-state index is 0.146. The fraction of sp³-hybridized carbons (Fsp3) is 0.858. The van der Waals surface area contributed by atoms with E-state index in [1.165, 1.54) is 185 Å². The summed E-state index contributed by atoms with van der Waals surface area (Å²) < 4.78 is 36.1. The van der Waals surface area contributed by atoms with Crippen LogP contribution in [0.25, 0.3) is 0 Å². The second kappa shape index (κ2) is 31.2. The Balaban J connectivity index is 0.0000000803. The van der Waals surface area contributed by atoms with Crippen molar-refractivity contribution < 1.29 is 57.2 Å². The average molecular weight is 1890 g/mol. The molecule has 12 nitrogen and oxygen atoms in total. The van der Waals surface area contributed by atoms with Crippen molar-refractivity contribution in [2.45, 2.75) is 340 Å². The molecular weight excluding hydrogens is 1720 g/mol. The molecule has 32 bridgehead atoms. The van der Waals surface area contributed by atoms with Crippen molar-refractivity contribution in [2.24, 2.45) is 331 Å². The Morgan fingerprint density at radius 2 is 0.432 bits per heavy atom. The van der Waals surface area contributed by atoms with Crippen LogP contribution in [-0.4, -0.2) is 69.4 Å². The van der Waals surface area contributed by atoms with E-state index in [1.807, 2.05) is 0 Å². The zero-order chi connectivity index (χ0) is 94.8. The summed E-state index contributed by atoms with van der Waals surface area (Å²) in [6.45, 7) is 40.9. The number of hydrogen-bond donors (Lipinski definition) is 0. The average Bonchev–Trinajstić information content (AvgIpc) is 1.51. The van der Waals surface area contributed by atoms with Gasteiger partial charge in [-0.15, -0.1) is 0 Å². The summed E-state index contributed by atoms with van der Waals surface area (Å²) in [5.74, 6) is 52.2. The molecule has 0 spiro atoms. The lowest BCUT2D eigenvalue weighted by Crippen LogP contribution is -2.50. The van der Waals surface area contributed by atoms with Crippen molar-refractivity contribution in [2.75, 3.05) is 0 Å². The smallest absolute Gasteiger partial charge is 0.333 e. The summed E-state index contributed by atoms with van der Waals surface area (Å²) >= 11 is 0. The van der Waals surface area contributed by atoms with Crippen LogP contribution in [0.15, 0.2) is 74.4 Å². The second-order valence-corrected chi connectivity index (χ2v) is 59.1. The Bertz CT molecular complexity index is 5170. The molecule has 139 heavy (non-hydrogen) atoms. The van der Waals surface area contributed by atoms with Crippen LogP contribution in [0.5, 0.6) is 0 Å². The summed E-state index contributed by atoms with van der Waals surface area (Å²) in [6.07, 6.45) is 57.2. The lowest BCUT2D eigenvalue weighted by molar-refractivity contribution is -0.170. The molecule has 0 aromatic rings. The summed E-state index contributed by atoms with van der Waals surface area (Å²) in [5.41, 5.74) is 0.521. The highest BCUT2D eigenvalue weighted by molar-refractivity contribution is 5.88. The third-order valence-corrected chi connectivity index (χ3v) is 55.9. The SMILES string of the molecule is C=C(C)C(=O)OC1(C)CC2CC1C1C3CC(C4C5CCC(C5)C34)C21.C=C(C)C(=O)OC1(C)CC2CC1C1C3CC(C4CCCC43)C21.C=C(C)C(=O)OC1(CC)CC2CC1C1C3CC(C4C5CCC(C5)C34)C21.C=CC(=O)OC1(C)CC2CC1C1C3CC(C4C5CCC(C5)C34)C21.C=CC(=O)OC1(C)CC2CC1C1C3CC(C4CCCC43)C21.C=CC(=O)OC1(CC)CC2CC1C1C3CC(C4C5CCC(C5)C34)C21. The van der Waals surface area contributed by atoms with Crippen molar-refractivity contribution >= 4 is 35.8 Å². The van der Waals surface area contributed by atoms with Crippen LogP contribution in [0.3, 0.4) is 0 Å². The molecule has 0 radical (unpaired) electrons. The number of rotatable bonds is 14. The first-order valence-electron chi connectivity index (χ1n) is 60.1. The molecule has 754 valence electrons. The normalized spacial score (nSPS) is 60.2. The van der Waals surface area contributed by atoms with Crippen molar-refractivity contribution in [3.05, 3.63) is 74.4 Å². The van der Waals surface area contributed by atoms with Crippen LogP contribution in [0.1, 0.15) is 306 Å². The van der Waals surface area contributed by atoms with E-state index >= 15 is 0 Å². The molecule has 34 fully saturated rings. The van der Waals surface area contributed by atoms with Crippen molar-refractivity contribution in [1.82, 2.24) is 0 Å². The van der Waals surface area contributed by atoms with Gasteiger partial charge in [-0.1, -0.05) is 66.2 Å². The van der Waals surface area contributed by atoms with Crippen molar-refractivity contribution in [3.8, 4) is 0 Å². The van der Waals surface area contributed by atoms with Crippen LogP contribution >= 0.6 is 0 Å². The topological polar surface area (TPSA) is 158 Å². The quantitative estimate of drug-likeness (QED) is 0.0703. The van der Waals surface area contributed by atoms with E-state index in [-0.39, 0.29) is 69.4 Å². The molecule has 0 aromatic carbocycles. The third-order valence-electron chi connectivity index (χ3n) is 55.9. The summed E-state index contributed by atoms with van der Waals surface area (Å²) in [6, 6.07) is 0. The van der Waals surface area contributed by atoms with E-state index in [4.69, 9.17) is 28.4 Å². The first kappa shape index (κ1) is 90.6. The van der Waals surface area contributed by atoms with Crippen molar-refractivity contribution in [1.29, 1.82) is 0 Å². The molecule has 34 aliphatic carbocycles. The number of carbonyl (C=O) groups excluding carboxylic acids is 6. The molecule has 0 aliphatic heterocycles. The largest absolute Gasteiger partial charge is 0.456 e. The van der Waals surface area contributed by atoms with E-state index < -0.39 is 0 Å². The molecule has 0 aromatic heterocycles. The van der Waals surface area contributed by atoms with E-state index in [2.05, 4.69) is 81.0 Å². The molecular formula is C127H174O12. The van der Waals surface area contributed by atoms with Crippen LogP contribution < -0.4 is 0 Å². The number of hydrogen-bond acceptors (Lipinski definition) is 12. The first-order valence-corrected chi connectivity index (χ1v) is 60.1. The Hall–Kier alpha value is -4.74. The molecule has 12 heteroatoms. The van der Waals surface area contributed by atoms with Gasteiger partial charge in [0.05, 0.1) is 0 Å². The van der Waals surface area contributed by atoms with Crippen LogP contribution in [-0.2, 0) is 57.2 Å². The standard InChI is InChI=1S/C23H32O2.2C22H30O2.C21H28O2.C20H28O2.C19H26O2/c1-4-23(25-22(24)11(2)3)10-14-8-17(23)21-16-9-15(20(14)21)18-12-5-6-13(7-12)19(16)18;1-10(2)21(23)24-22(3)9-13-7-16(22)20-15-8-14(19(13)20)17-11-4-5-12(6-11)18(15)17;1-3-17(23)24-22(4-2)10-13-8-16(22)21-15-9-14(20(13)21)18-11-5-6-12(7-11)19(15)18;1-3-16(22)23-21(2)9-12-7-15(21)20-14-8-13(19(12)20)17-10-4-5-11(6-10)18(14)17;1-10(2)19(21)22-20(3)9-11-7-16(20)18-15-8-14(17(11)18)12-5-4-6-13(12)15;1-3-16(20)21-19(2)9-10-7-15(19)18-14-8-13(17(10)18)11-5-4-6-12(11)14/h12-21H,2,4-10H2,1,3H3;11-20H,1,4-9H2,2-3H3;3,11-16,18-21H,1,4-10H2,2H3;3,10-15,17-20H,1,4-9H2,2H3;11-18H,1,4-9H2,2-3H3;3,10-15,17-18H,1,4-9H2,2H3. The van der Waals surface area contributed by atoms with Gasteiger partial charge in [-0.2, -0.15) is 0 Å². The molecule has 62 unspecified atom stereocenters. The van der Waals surface area contributed by atoms with Crippen LogP contribution in [0.4, 0.5) is 0 Å². The van der Waals surface area contributed by atoms with Crippen molar-refractivity contribution in [3.63, 3.8) is 0 Å². The number of esters is 6. The van der Waals surface area contributed by atoms with Crippen LogP contribution in [0.2, 0.25) is 0 Å². The summed E-state index contributed by atoms with van der Waals surface area (Å²) in [4.78, 5) is 72.2. The maximum atomic E-state index is 12.4. The Morgan fingerprint density at radius 1 is 0.230 bits per heavy atom. The highest BCUT2D eigenvalue weighted by atomic mass is 16.6. The number of ether oxygens (including phenoxy) is 6. The third kappa shape index (κ3) is 12.1. The maximum absolute atomic E-state index is 12.4. The van der Waals surface area contributed by atoms with Crippen LogP contribution in [0, 0.1) is 331 Å². The maximum Gasteiger partial charge on any atom is 0.333 e. The van der Waals surface area contributed by atoms with E-state index in [1.54, 1.807) is 46.5 Å². The van der Waals surface area contributed by atoms with Gasteiger partial charge in [-0.05, 0) is 576 Å². The molecule has 62 atom stereocenters. The lowest BCUT2D eigenvalue weighted by atomic mass is 9.57. The van der Waals surface area contributed by atoms with Gasteiger partial charge < -0.3 is 28.4 Å². The zero-order valence-corrected chi connectivity index (χ0v) is 86.6. The predicted molar refractivity (Wildman–Crippen MR) is 533 cm³/mol. The van der Waals surface area contributed by atoms with Gasteiger partial charge in [0.25, 0.3) is 0 Å². The van der Waals surface area contributed by atoms with E-state index in [9.17, 15) is 28.8 Å². The van der Waals surface area contributed by atoms with Gasteiger partial charge >= 0.3 is 35.8 Å². The monoisotopic (exact) mass is 1890 g/mol. The summed E-state index contributed by atoms with van der Waals surface area (Å²) in [7, 11) is 0. The highest BCUT2D eigenvalue weighted by Crippen LogP contribution is 2.86. The minimum atomic E-state index is -0.219. The van der Waals surface area contributed by atoms with Gasteiger partial charge in [0.1, 0.15) is 33.6 Å². The zero-order valence-electron chi connectivity index (χ0n) is 86.6. The summed E-state index contributed by atoms with van der Waals surface area (Å²) in [5, 5.41) is 0. The minimum Gasteiger partial charge on any atom is -0.456 e. The first-order chi connectivity index (χ1) is 66.9. The van der Waals surface area contributed by atoms with E-state index in [0.717, 1.165) is 347 Å². The molecule has 34 rings (SSSR count). The lowest BCUT2D eigenvalue weighted by Gasteiger charge is -2.50. The Morgan fingerprint density at radius 3 is 0.705 bits per heavy atom. The van der Waals surface area contributed by atoms with Gasteiger partial charge in [0.15, 0.2) is 0 Å². The van der Waals surface area contributed by atoms with Gasteiger partial charge in [-0.3, -0.25) is 0 Å². The Labute approximate surface area is 833 Å². The molecule has 0 N–H and O–H groups in total. The molecule has 0 amide bonds. The van der Waals surface area contributed by atoms with Gasteiger partial charge in [0, 0.05) is 70.5 Å². The Kier molecular flexibility index (Phi) is 20.3. The van der Waals surface area contributed by atoms with Gasteiger partial charge in [0.2, 0.25) is 0 Å². The van der Waals surface area contributed by atoms with E-state index in [0.29, 0.717) is 52.2 Å². The highest BCUT2D eigenvalue weighted by Gasteiger charge is 2.82.